The number of hydrogen-bond donors (Lipinski definition) is 2. The van der Waals surface area contributed by atoms with Crippen LogP contribution in [0, 0.1) is 11.3 Å². The lowest BCUT2D eigenvalue weighted by Crippen LogP contribution is -2.09. The van der Waals surface area contributed by atoms with E-state index in [9.17, 15) is 5.11 Å². The summed E-state index contributed by atoms with van der Waals surface area (Å²) in [6.45, 7) is 0. The van der Waals surface area contributed by atoms with Crippen molar-refractivity contribution in [3.63, 3.8) is 0 Å². The Hall–Kier alpha value is -1.76. The number of hydrogen-bond acceptors (Lipinski definition) is 3. The number of nitrogens with two attached hydrogens (primary N) is 1. The number of aromatic hydroxyl groups is 1. The molecule has 3 nitrogen and oxygen atoms in total. The minimum Gasteiger partial charge on any atom is -0.507 e. The van der Waals surface area contributed by atoms with Gasteiger partial charge in [-0.1, -0.05) is 30.3 Å². The minimum absolute atomic E-state index is 0. The molecular formula is C13H13ClN2O. The van der Waals surface area contributed by atoms with Gasteiger partial charge in [0.1, 0.15) is 5.75 Å². The van der Waals surface area contributed by atoms with E-state index >= 15 is 0 Å². The Balaban J connectivity index is 0.00000144. The quantitative estimate of drug-likeness (QED) is 0.859. The molecule has 0 aliphatic heterocycles. The van der Waals surface area contributed by atoms with Crippen molar-refractivity contribution < 1.29 is 5.11 Å². The van der Waals surface area contributed by atoms with E-state index in [1.54, 1.807) is 12.1 Å². The summed E-state index contributed by atoms with van der Waals surface area (Å²) in [7, 11) is 0. The molecule has 2 rings (SSSR count). The maximum absolute atomic E-state index is 9.70. The third-order valence-corrected chi connectivity index (χ3v) is 2.65. The SMILES string of the molecule is Cl.N#CC[C@@H](N)c1ccc(O)c2ccccc12. The number of halogens is 1. The van der Waals surface area contributed by atoms with Crippen LogP contribution in [0.4, 0.5) is 0 Å². The smallest absolute Gasteiger partial charge is 0.123 e. The van der Waals surface area contributed by atoms with Gasteiger partial charge in [-0.25, -0.2) is 0 Å². The molecule has 0 unspecified atom stereocenters. The molecule has 0 fully saturated rings. The highest BCUT2D eigenvalue weighted by atomic mass is 35.5. The van der Waals surface area contributed by atoms with E-state index in [1.165, 1.54) is 0 Å². The molecule has 0 aliphatic carbocycles. The molecule has 2 aromatic carbocycles. The summed E-state index contributed by atoms with van der Waals surface area (Å²) >= 11 is 0. The highest BCUT2D eigenvalue weighted by molar-refractivity contribution is 5.91. The lowest BCUT2D eigenvalue weighted by molar-refractivity contribution is 0.481. The number of phenols is 1. The van der Waals surface area contributed by atoms with Gasteiger partial charge in [0.05, 0.1) is 12.5 Å². The molecule has 0 saturated carbocycles. The zero-order chi connectivity index (χ0) is 11.5. The third kappa shape index (κ3) is 2.50. The molecule has 0 aliphatic rings. The second kappa shape index (κ2) is 5.53. The van der Waals surface area contributed by atoms with Gasteiger partial charge in [0, 0.05) is 11.4 Å². The molecule has 0 radical (unpaired) electrons. The molecule has 17 heavy (non-hydrogen) atoms. The maximum Gasteiger partial charge on any atom is 0.123 e. The number of benzene rings is 2. The molecule has 3 N–H and O–H groups in total. The van der Waals surface area contributed by atoms with Crippen LogP contribution in [0.25, 0.3) is 10.8 Å². The summed E-state index contributed by atoms with van der Waals surface area (Å²) in [5.41, 5.74) is 6.82. The van der Waals surface area contributed by atoms with Gasteiger partial charge in [0.2, 0.25) is 0 Å². The number of nitriles is 1. The van der Waals surface area contributed by atoms with Gasteiger partial charge in [-0.3, -0.25) is 0 Å². The summed E-state index contributed by atoms with van der Waals surface area (Å²) in [6, 6.07) is 12.6. The van der Waals surface area contributed by atoms with E-state index < -0.39 is 0 Å². The average molecular weight is 249 g/mol. The average Bonchev–Trinajstić information content (AvgIpc) is 2.30. The Kier molecular flexibility index (Phi) is 4.33. The van der Waals surface area contributed by atoms with Crippen molar-refractivity contribution in [2.75, 3.05) is 0 Å². The van der Waals surface area contributed by atoms with Crippen molar-refractivity contribution in [1.29, 1.82) is 5.26 Å². The van der Waals surface area contributed by atoms with Crippen molar-refractivity contribution in [1.82, 2.24) is 0 Å². The van der Waals surface area contributed by atoms with Crippen LogP contribution in [0.2, 0.25) is 0 Å². The topological polar surface area (TPSA) is 70.0 Å². The highest BCUT2D eigenvalue weighted by Crippen LogP contribution is 2.30. The molecule has 0 bridgehead atoms. The lowest BCUT2D eigenvalue weighted by atomic mass is 9.97. The lowest BCUT2D eigenvalue weighted by Gasteiger charge is -2.12. The second-order valence-corrected chi connectivity index (χ2v) is 3.69. The van der Waals surface area contributed by atoms with Crippen molar-refractivity contribution >= 4 is 23.2 Å². The van der Waals surface area contributed by atoms with E-state index in [2.05, 4.69) is 6.07 Å². The van der Waals surface area contributed by atoms with Gasteiger partial charge in [-0.2, -0.15) is 5.26 Å². The molecule has 0 saturated heterocycles. The van der Waals surface area contributed by atoms with Gasteiger partial charge in [-0.15, -0.1) is 12.4 Å². The Morgan fingerprint density at radius 2 is 1.82 bits per heavy atom. The monoisotopic (exact) mass is 248 g/mol. The number of fused-ring (bicyclic) bond motifs is 1. The standard InChI is InChI=1S/C13H12N2O.ClH/c14-8-7-12(15)10-5-6-13(16)11-4-2-1-3-9(10)11;/h1-6,12,16H,7,15H2;1H/t12-;/m1./s1. The first-order valence-electron chi connectivity index (χ1n) is 5.07. The van der Waals surface area contributed by atoms with Crippen LogP contribution >= 0.6 is 12.4 Å². The number of phenolic OH excluding ortho intramolecular Hbond substituents is 1. The predicted molar refractivity (Wildman–Crippen MR) is 70.0 cm³/mol. The van der Waals surface area contributed by atoms with Gasteiger partial charge in [0.15, 0.2) is 0 Å². The Labute approximate surface area is 106 Å². The van der Waals surface area contributed by atoms with Crippen LogP contribution in [0.3, 0.4) is 0 Å². The summed E-state index contributed by atoms with van der Waals surface area (Å²) in [6.07, 6.45) is 0.273. The van der Waals surface area contributed by atoms with E-state index in [1.807, 2.05) is 24.3 Å². The van der Waals surface area contributed by atoms with E-state index in [4.69, 9.17) is 11.0 Å². The Bertz CT molecular complexity index is 563. The second-order valence-electron chi connectivity index (χ2n) is 3.69. The predicted octanol–water partition coefficient (Wildman–Crippen LogP) is 2.88. The molecule has 0 spiro atoms. The Morgan fingerprint density at radius 3 is 2.47 bits per heavy atom. The first kappa shape index (κ1) is 13.3. The molecule has 88 valence electrons. The minimum atomic E-state index is -0.310. The number of nitrogens with zero attached hydrogens (tertiary/aromatic N) is 1. The van der Waals surface area contributed by atoms with Crippen LogP contribution in [0.15, 0.2) is 36.4 Å². The number of rotatable bonds is 2. The molecule has 0 heterocycles. The zero-order valence-electron chi connectivity index (χ0n) is 9.13. The molecular weight excluding hydrogens is 236 g/mol. The van der Waals surface area contributed by atoms with Gasteiger partial charge in [0.25, 0.3) is 0 Å². The fourth-order valence-corrected chi connectivity index (χ4v) is 1.84. The van der Waals surface area contributed by atoms with Crippen LogP contribution in [-0.4, -0.2) is 5.11 Å². The fourth-order valence-electron chi connectivity index (χ4n) is 1.84. The van der Waals surface area contributed by atoms with Crippen molar-refractivity contribution in [2.24, 2.45) is 5.73 Å². The highest BCUT2D eigenvalue weighted by Gasteiger charge is 2.10. The molecule has 2 aromatic rings. The molecule has 4 heteroatoms. The van der Waals surface area contributed by atoms with Crippen LogP contribution < -0.4 is 5.73 Å². The van der Waals surface area contributed by atoms with Gasteiger partial charge in [-0.05, 0) is 17.0 Å². The summed E-state index contributed by atoms with van der Waals surface area (Å²) < 4.78 is 0. The molecule has 0 aromatic heterocycles. The van der Waals surface area contributed by atoms with E-state index in [-0.39, 0.29) is 30.6 Å². The van der Waals surface area contributed by atoms with Crippen LogP contribution in [0.5, 0.6) is 5.75 Å². The van der Waals surface area contributed by atoms with E-state index in [0.29, 0.717) is 0 Å². The summed E-state index contributed by atoms with van der Waals surface area (Å²) in [4.78, 5) is 0. The maximum atomic E-state index is 9.70. The van der Waals surface area contributed by atoms with Crippen molar-refractivity contribution in [3.05, 3.63) is 42.0 Å². The molecule has 0 amide bonds. The van der Waals surface area contributed by atoms with Crippen LogP contribution in [0.1, 0.15) is 18.0 Å². The normalized spacial score (nSPS) is 11.5. The largest absolute Gasteiger partial charge is 0.507 e. The Morgan fingerprint density at radius 1 is 1.18 bits per heavy atom. The van der Waals surface area contributed by atoms with Crippen molar-refractivity contribution in [3.8, 4) is 11.8 Å². The van der Waals surface area contributed by atoms with Gasteiger partial charge >= 0.3 is 0 Å². The zero-order valence-corrected chi connectivity index (χ0v) is 9.95. The van der Waals surface area contributed by atoms with Crippen molar-refractivity contribution in [2.45, 2.75) is 12.5 Å². The van der Waals surface area contributed by atoms with E-state index in [0.717, 1.165) is 16.3 Å². The summed E-state index contributed by atoms with van der Waals surface area (Å²) in [5.74, 6) is 0.239. The first-order chi connectivity index (χ1) is 7.74. The summed E-state index contributed by atoms with van der Waals surface area (Å²) in [5, 5.41) is 20.0. The first-order valence-corrected chi connectivity index (χ1v) is 5.07. The fraction of sp³-hybridized carbons (Fsp3) is 0.154. The van der Waals surface area contributed by atoms with Crippen LogP contribution in [-0.2, 0) is 0 Å². The van der Waals surface area contributed by atoms with Gasteiger partial charge < -0.3 is 10.8 Å². The molecule has 1 atom stereocenters. The third-order valence-electron chi connectivity index (χ3n) is 2.65.